The smallest absolute Gasteiger partial charge is 0.298 e. The lowest BCUT2D eigenvalue weighted by molar-refractivity contribution is -0.120. The maximum atomic E-state index is 11.5. The molecule has 3 heterocycles. The van der Waals surface area contributed by atoms with Crippen molar-refractivity contribution in [2.24, 2.45) is 0 Å². The fraction of sp³-hybridized carbons (Fsp3) is 0.421. The molecule has 2 N–H and O–H groups in total. The molecule has 1 aromatic carbocycles. The van der Waals surface area contributed by atoms with Gasteiger partial charge in [0, 0.05) is 43.2 Å². The van der Waals surface area contributed by atoms with E-state index in [0.29, 0.717) is 24.9 Å². The maximum absolute atomic E-state index is 11.5. The van der Waals surface area contributed by atoms with Gasteiger partial charge in [-0.05, 0) is 25.0 Å². The second-order valence-corrected chi connectivity index (χ2v) is 6.79. The number of carbonyl (C=O) groups is 1. The summed E-state index contributed by atoms with van der Waals surface area (Å²) < 4.78 is 6.00. The predicted molar refractivity (Wildman–Crippen MR) is 99.0 cm³/mol. The second kappa shape index (κ2) is 6.82. The Morgan fingerprint density at radius 2 is 2.35 bits per heavy atom. The van der Waals surface area contributed by atoms with E-state index >= 15 is 0 Å². The molecule has 0 saturated carbocycles. The van der Waals surface area contributed by atoms with Crippen molar-refractivity contribution in [1.82, 2.24) is 20.5 Å². The SMILES string of the molecule is CCC(=O)NCc1cn[nH]c1C1CCN(c2nc3cccc(C)c3o2)C1. The van der Waals surface area contributed by atoms with Crippen molar-refractivity contribution in [3.63, 3.8) is 0 Å². The number of benzene rings is 1. The Morgan fingerprint density at radius 1 is 1.46 bits per heavy atom. The van der Waals surface area contributed by atoms with Crippen molar-refractivity contribution < 1.29 is 9.21 Å². The van der Waals surface area contributed by atoms with Gasteiger partial charge in [0.2, 0.25) is 5.91 Å². The summed E-state index contributed by atoms with van der Waals surface area (Å²) in [6.07, 6.45) is 3.28. The molecule has 1 unspecified atom stereocenters. The Hall–Kier alpha value is -2.83. The van der Waals surface area contributed by atoms with Gasteiger partial charge in [0.15, 0.2) is 5.58 Å². The molecule has 0 radical (unpaired) electrons. The highest BCUT2D eigenvalue weighted by atomic mass is 16.4. The molecule has 1 fully saturated rings. The van der Waals surface area contributed by atoms with Gasteiger partial charge in [-0.3, -0.25) is 9.89 Å². The summed E-state index contributed by atoms with van der Waals surface area (Å²) in [5, 5.41) is 10.2. The number of amides is 1. The van der Waals surface area contributed by atoms with E-state index in [1.807, 2.05) is 32.0 Å². The normalized spacial score (nSPS) is 17.2. The number of H-pyrrole nitrogens is 1. The third-order valence-corrected chi connectivity index (χ3v) is 5.02. The molecule has 4 rings (SSSR count). The van der Waals surface area contributed by atoms with Crippen molar-refractivity contribution in [1.29, 1.82) is 0 Å². The summed E-state index contributed by atoms with van der Waals surface area (Å²) in [6.45, 7) is 6.10. The van der Waals surface area contributed by atoms with Crippen LogP contribution in [0.1, 0.15) is 42.5 Å². The summed E-state index contributed by atoms with van der Waals surface area (Å²) in [7, 11) is 0. The number of rotatable bonds is 5. The first-order valence-corrected chi connectivity index (χ1v) is 9.05. The first-order valence-electron chi connectivity index (χ1n) is 9.05. The number of aromatic nitrogens is 3. The quantitative estimate of drug-likeness (QED) is 0.736. The number of hydrogen-bond acceptors (Lipinski definition) is 5. The number of aromatic amines is 1. The van der Waals surface area contributed by atoms with Crippen LogP contribution in [0.25, 0.3) is 11.1 Å². The molecule has 2 aromatic heterocycles. The molecule has 0 bridgehead atoms. The number of nitrogens with zero attached hydrogens (tertiary/aromatic N) is 3. The number of oxazole rings is 1. The van der Waals surface area contributed by atoms with E-state index in [0.717, 1.165) is 47.4 Å². The molecule has 3 aromatic rings. The lowest BCUT2D eigenvalue weighted by Gasteiger charge is -2.14. The Balaban J connectivity index is 1.49. The molecule has 1 aliphatic rings. The molecule has 1 aliphatic heterocycles. The van der Waals surface area contributed by atoms with Crippen LogP contribution in [0.3, 0.4) is 0 Å². The van der Waals surface area contributed by atoms with E-state index in [2.05, 4.69) is 25.4 Å². The summed E-state index contributed by atoms with van der Waals surface area (Å²) in [4.78, 5) is 18.3. The lowest BCUT2D eigenvalue weighted by atomic mass is 10.0. The minimum Gasteiger partial charge on any atom is -0.423 e. The molecule has 1 amide bonds. The minimum atomic E-state index is 0.0482. The third-order valence-electron chi connectivity index (χ3n) is 5.02. The number of nitrogens with one attached hydrogen (secondary N) is 2. The van der Waals surface area contributed by atoms with E-state index in [1.54, 1.807) is 6.20 Å². The van der Waals surface area contributed by atoms with E-state index in [1.165, 1.54) is 0 Å². The van der Waals surface area contributed by atoms with Crippen LogP contribution < -0.4 is 10.2 Å². The van der Waals surface area contributed by atoms with Gasteiger partial charge < -0.3 is 14.6 Å². The maximum Gasteiger partial charge on any atom is 0.298 e. The van der Waals surface area contributed by atoms with Gasteiger partial charge in [-0.2, -0.15) is 10.1 Å². The molecule has 1 saturated heterocycles. The molecule has 0 aliphatic carbocycles. The Kier molecular flexibility index (Phi) is 4.36. The standard InChI is InChI=1S/C19H23N5O2/c1-3-16(25)20-9-14-10-21-23-17(14)13-7-8-24(11-13)19-22-15-6-4-5-12(2)18(15)26-19/h4-6,10,13H,3,7-9,11H2,1-2H3,(H,20,25)(H,21,23). The van der Waals surface area contributed by atoms with Crippen LogP contribution in [-0.4, -0.2) is 34.2 Å². The highest BCUT2D eigenvalue weighted by Crippen LogP contribution is 2.33. The average Bonchev–Trinajstić information content (AvgIpc) is 3.37. The number of carbonyl (C=O) groups excluding carboxylic acids is 1. The monoisotopic (exact) mass is 353 g/mol. The number of hydrogen-bond donors (Lipinski definition) is 2. The summed E-state index contributed by atoms with van der Waals surface area (Å²) in [6, 6.07) is 6.69. The van der Waals surface area contributed by atoms with Crippen molar-refractivity contribution in [3.05, 3.63) is 41.2 Å². The van der Waals surface area contributed by atoms with E-state index in [9.17, 15) is 4.79 Å². The number of aryl methyl sites for hydroxylation is 1. The van der Waals surface area contributed by atoms with Gasteiger partial charge >= 0.3 is 0 Å². The van der Waals surface area contributed by atoms with Gasteiger partial charge in [0.25, 0.3) is 6.01 Å². The largest absolute Gasteiger partial charge is 0.423 e. The molecular formula is C19H23N5O2. The number of fused-ring (bicyclic) bond motifs is 1. The van der Waals surface area contributed by atoms with Gasteiger partial charge in [-0.15, -0.1) is 0 Å². The molecule has 7 nitrogen and oxygen atoms in total. The van der Waals surface area contributed by atoms with Gasteiger partial charge in [-0.1, -0.05) is 19.1 Å². The highest BCUT2D eigenvalue weighted by molar-refractivity contribution is 5.78. The summed E-state index contributed by atoms with van der Waals surface area (Å²) in [5.41, 5.74) is 4.99. The fourth-order valence-corrected chi connectivity index (χ4v) is 3.51. The average molecular weight is 353 g/mol. The zero-order chi connectivity index (χ0) is 18.1. The molecular weight excluding hydrogens is 330 g/mol. The van der Waals surface area contributed by atoms with Crippen LogP contribution in [0, 0.1) is 6.92 Å². The Morgan fingerprint density at radius 3 is 3.15 bits per heavy atom. The van der Waals surface area contributed by atoms with Crippen LogP contribution in [0.5, 0.6) is 0 Å². The summed E-state index contributed by atoms with van der Waals surface area (Å²) in [5.74, 6) is 0.370. The highest BCUT2D eigenvalue weighted by Gasteiger charge is 2.29. The van der Waals surface area contributed by atoms with Gasteiger partial charge in [-0.25, -0.2) is 0 Å². The van der Waals surface area contributed by atoms with Crippen molar-refractivity contribution in [3.8, 4) is 0 Å². The molecule has 136 valence electrons. The molecule has 1 atom stereocenters. The number of para-hydroxylation sites is 1. The lowest BCUT2D eigenvalue weighted by Crippen LogP contribution is -2.23. The Bertz CT molecular complexity index is 929. The van der Waals surface area contributed by atoms with Crippen LogP contribution in [0.4, 0.5) is 6.01 Å². The second-order valence-electron chi connectivity index (χ2n) is 6.79. The molecule has 0 spiro atoms. The zero-order valence-electron chi connectivity index (χ0n) is 15.1. The first-order chi connectivity index (χ1) is 12.7. The van der Waals surface area contributed by atoms with Crippen LogP contribution >= 0.6 is 0 Å². The fourth-order valence-electron chi connectivity index (χ4n) is 3.51. The van der Waals surface area contributed by atoms with E-state index < -0.39 is 0 Å². The zero-order valence-corrected chi connectivity index (χ0v) is 15.1. The topological polar surface area (TPSA) is 87.0 Å². The Labute approximate surface area is 151 Å². The summed E-state index contributed by atoms with van der Waals surface area (Å²) >= 11 is 0. The predicted octanol–water partition coefficient (Wildman–Crippen LogP) is 2.88. The van der Waals surface area contributed by atoms with Crippen LogP contribution in [0.2, 0.25) is 0 Å². The van der Waals surface area contributed by atoms with Crippen molar-refractivity contribution >= 4 is 23.0 Å². The van der Waals surface area contributed by atoms with E-state index in [4.69, 9.17) is 4.42 Å². The molecule has 26 heavy (non-hydrogen) atoms. The minimum absolute atomic E-state index is 0.0482. The van der Waals surface area contributed by atoms with Crippen LogP contribution in [-0.2, 0) is 11.3 Å². The van der Waals surface area contributed by atoms with Crippen molar-refractivity contribution in [2.75, 3.05) is 18.0 Å². The van der Waals surface area contributed by atoms with Gasteiger partial charge in [0.05, 0.1) is 6.20 Å². The van der Waals surface area contributed by atoms with Crippen LogP contribution in [0.15, 0.2) is 28.8 Å². The molecule has 7 heteroatoms. The van der Waals surface area contributed by atoms with E-state index in [-0.39, 0.29) is 5.91 Å². The number of anilines is 1. The first kappa shape index (κ1) is 16.6. The van der Waals surface area contributed by atoms with Gasteiger partial charge in [0.1, 0.15) is 5.52 Å². The van der Waals surface area contributed by atoms with Crippen molar-refractivity contribution in [2.45, 2.75) is 39.2 Å². The third kappa shape index (κ3) is 3.05.